The lowest BCUT2D eigenvalue weighted by Gasteiger charge is -2.19. The fraction of sp³-hybridized carbons (Fsp3) is 0.400. The largest absolute Gasteiger partial charge is 0.382 e. The van der Waals surface area contributed by atoms with Crippen LogP contribution >= 0.6 is 0 Å². The number of benzene rings is 1. The normalized spacial score (nSPS) is 11.8. The molecule has 0 spiro atoms. The number of nitrogens with two attached hydrogens (primary N) is 2. The van der Waals surface area contributed by atoms with E-state index in [1.807, 2.05) is 6.92 Å². The lowest BCUT2D eigenvalue weighted by Crippen LogP contribution is -2.14. The summed E-state index contributed by atoms with van der Waals surface area (Å²) in [6.07, 6.45) is 0.765. The molecule has 2 rings (SSSR count). The van der Waals surface area contributed by atoms with E-state index in [1.165, 1.54) is 10.2 Å². The van der Waals surface area contributed by atoms with Crippen molar-refractivity contribution in [1.29, 1.82) is 0 Å². The third-order valence-electron chi connectivity index (χ3n) is 3.36. The van der Waals surface area contributed by atoms with Crippen LogP contribution in [0.1, 0.15) is 39.1 Å². The van der Waals surface area contributed by atoms with E-state index in [2.05, 4.69) is 50.0 Å². The highest BCUT2D eigenvalue weighted by atomic mass is 15.4. The number of nitrogens with zero attached hydrogens (tertiary/aromatic N) is 2. The fourth-order valence-corrected chi connectivity index (χ4v) is 2.08. The topological polar surface area (TPSA) is 69.9 Å². The summed E-state index contributed by atoms with van der Waals surface area (Å²) >= 11 is 0. The number of hydrogen-bond donors (Lipinski definition) is 2. The lowest BCUT2D eigenvalue weighted by atomic mass is 9.86. The van der Waals surface area contributed by atoms with Gasteiger partial charge < -0.3 is 11.6 Å². The molecule has 0 bridgehead atoms. The number of anilines is 1. The summed E-state index contributed by atoms with van der Waals surface area (Å²) in [6.45, 7) is 8.60. The first kappa shape index (κ1) is 13.5. The van der Waals surface area contributed by atoms with Gasteiger partial charge in [-0.2, -0.15) is 0 Å². The van der Waals surface area contributed by atoms with Gasteiger partial charge in [0.25, 0.3) is 0 Å². The van der Waals surface area contributed by atoms with Crippen molar-refractivity contribution in [2.75, 3.05) is 11.6 Å². The molecule has 0 saturated carbocycles. The van der Waals surface area contributed by atoms with Crippen LogP contribution in [0.15, 0.2) is 24.3 Å². The van der Waals surface area contributed by atoms with Crippen molar-refractivity contribution in [3.8, 4) is 11.3 Å². The van der Waals surface area contributed by atoms with Crippen molar-refractivity contribution in [3.05, 3.63) is 35.7 Å². The lowest BCUT2D eigenvalue weighted by molar-refractivity contribution is 0.590. The average molecular weight is 258 g/mol. The van der Waals surface area contributed by atoms with Gasteiger partial charge in [-0.05, 0) is 11.0 Å². The molecule has 0 saturated heterocycles. The molecule has 0 atom stereocenters. The smallest absolute Gasteiger partial charge is 0.150 e. The van der Waals surface area contributed by atoms with Crippen LogP contribution in [0.4, 0.5) is 5.82 Å². The molecule has 0 radical (unpaired) electrons. The van der Waals surface area contributed by atoms with E-state index in [9.17, 15) is 0 Å². The second-order valence-corrected chi connectivity index (χ2v) is 5.81. The second-order valence-electron chi connectivity index (χ2n) is 5.81. The van der Waals surface area contributed by atoms with E-state index >= 15 is 0 Å². The summed E-state index contributed by atoms with van der Waals surface area (Å²) in [4.78, 5) is 4.50. The van der Waals surface area contributed by atoms with E-state index in [0.717, 1.165) is 23.5 Å². The van der Waals surface area contributed by atoms with E-state index in [1.54, 1.807) is 0 Å². The molecule has 4 heteroatoms. The average Bonchev–Trinajstić information content (AvgIpc) is 2.65. The molecule has 0 aliphatic heterocycles. The van der Waals surface area contributed by atoms with Crippen LogP contribution in [0.3, 0.4) is 0 Å². The van der Waals surface area contributed by atoms with Gasteiger partial charge in [0.1, 0.15) is 11.5 Å². The Morgan fingerprint density at radius 1 is 1.16 bits per heavy atom. The van der Waals surface area contributed by atoms with Crippen LogP contribution in [0, 0.1) is 0 Å². The number of aryl methyl sites for hydroxylation is 1. The molecular weight excluding hydrogens is 236 g/mol. The summed E-state index contributed by atoms with van der Waals surface area (Å²) < 4.78 is 1.47. The SMILES string of the molecule is CCc1nc(-c2ccc(C(C)(C)C)cc2)c(N)n1N. The van der Waals surface area contributed by atoms with Gasteiger partial charge in [0, 0.05) is 12.0 Å². The van der Waals surface area contributed by atoms with Crippen LogP contribution in [-0.2, 0) is 11.8 Å². The molecule has 4 N–H and O–H groups in total. The standard InChI is InChI=1S/C15H22N4/c1-5-12-18-13(14(16)19(12)17)10-6-8-11(9-7-10)15(2,3)4/h6-9H,5,16-17H2,1-4H3. The van der Waals surface area contributed by atoms with Crippen molar-refractivity contribution >= 4 is 5.82 Å². The number of hydrogen-bond acceptors (Lipinski definition) is 3. The quantitative estimate of drug-likeness (QED) is 0.814. The molecule has 0 aliphatic carbocycles. The molecule has 102 valence electrons. The van der Waals surface area contributed by atoms with E-state index in [4.69, 9.17) is 11.6 Å². The second kappa shape index (κ2) is 4.61. The highest BCUT2D eigenvalue weighted by Crippen LogP contribution is 2.28. The molecule has 0 amide bonds. The monoisotopic (exact) mass is 258 g/mol. The number of imidazole rings is 1. The molecule has 4 nitrogen and oxygen atoms in total. The van der Waals surface area contributed by atoms with Crippen LogP contribution in [0.2, 0.25) is 0 Å². The Bertz CT molecular complexity index is 573. The molecule has 2 aromatic rings. The van der Waals surface area contributed by atoms with Gasteiger partial charge in [-0.15, -0.1) is 0 Å². The number of nitrogen functional groups attached to an aromatic ring is 2. The van der Waals surface area contributed by atoms with E-state index in [0.29, 0.717) is 5.82 Å². The van der Waals surface area contributed by atoms with Gasteiger partial charge in [0.05, 0.1) is 0 Å². The maximum Gasteiger partial charge on any atom is 0.150 e. The molecule has 0 aliphatic rings. The summed E-state index contributed by atoms with van der Waals surface area (Å²) in [6, 6.07) is 8.35. The maximum absolute atomic E-state index is 6.01. The summed E-state index contributed by atoms with van der Waals surface area (Å²) in [7, 11) is 0. The minimum Gasteiger partial charge on any atom is -0.382 e. The Morgan fingerprint density at radius 3 is 2.16 bits per heavy atom. The van der Waals surface area contributed by atoms with Crippen LogP contribution in [0.5, 0.6) is 0 Å². The van der Waals surface area contributed by atoms with Crippen LogP contribution in [0.25, 0.3) is 11.3 Å². The zero-order chi connectivity index (χ0) is 14.2. The maximum atomic E-state index is 6.01. The molecular formula is C15H22N4. The predicted molar refractivity (Wildman–Crippen MR) is 80.3 cm³/mol. The molecule has 19 heavy (non-hydrogen) atoms. The van der Waals surface area contributed by atoms with Crippen molar-refractivity contribution in [1.82, 2.24) is 9.66 Å². The molecule has 0 unspecified atom stereocenters. The highest BCUT2D eigenvalue weighted by Gasteiger charge is 2.16. The Labute approximate surface area is 114 Å². The molecule has 1 aromatic heterocycles. The van der Waals surface area contributed by atoms with E-state index < -0.39 is 0 Å². The minimum absolute atomic E-state index is 0.145. The van der Waals surface area contributed by atoms with Gasteiger partial charge in [0.15, 0.2) is 5.82 Å². The Kier molecular flexibility index (Phi) is 3.27. The highest BCUT2D eigenvalue weighted by molar-refractivity contribution is 5.71. The molecule has 1 aromatic carbocycles. The van der Waals surface area contributed by atoms with Crippen LogP contribution < -0.4 is 11.6 Å². The van der Waals surface area contributed by atoms with Gasteiger partial charge in [-0.1, -0.05) is 52.0 Å². The third-order valence-corrected chi connectivity index (χ3v) is 3.36. The molecule has 0 fully saturated rings. The first-order valence-corrected chi connectivity index (χ1v) is 6.57. The zero-order valence-corrected chi connectivity index (χ0v) is 12.1. The van der Waals surface area contributed by atoms with Crippen molar-refractivity contribution in [2.24, 2.45) is 0 Å². The van der Waals surface area contributed by atoms with Gasteiger partial charge >= 0.3 is 0 Å². The van der Waals surface area contributed by atoms with Gasteiger partial charge in [-0.3, -0.25) is 0 Å². The summed E-state index contributed by atoms with van der Waals surface area (Å²) in [5.41, 5.74) is 9.21. The van der Waals surface area contributed by atoms with Crippen molar-refractivity contribution in [3.63, 3.8) is 0 Å². The first-order chi connectivity index (χ1) is 8.84. The summed E-state index contributed by atoms with van der Waals surface area (Å²) in [5.74, 6) is 7.19. The Hall–Kier alpha value is -1.97. The Morgan fingerprint density at radius 2 is 1.74 bits per heavy atom. The third kappa shape index (κ3) is 2.43. The number of rotatable bonds is 2. The van der Waals surface area contributed by atoms with Crippen LogP contribution in [-0.4, -0.2) is 9.66 Å². The first-order valence-electron chi connectivity index (χ1n) is 6.57. The van der Waals surface area contributed by atoms with Gasteiger partial charge in [0.2, 0.25) is 0 Å². The zero-order valence-electron chi connectivity index (χ0n) is 12.1. The summed E-state index contributed by atoms with van der Waals surface area (Å²) in [5, 5.41) is 0. The predicted octanol–water partition coefficient (Wildman–Crippen LogP) is 2.71. The molecule has 1 heterocycles. The van der Waals surface area contributed by atoms with E-state index in [-0.39, 0.29) is 5.41 Å². The fourth-order valence-electron chi connectivity index (χ4n) is 2.08. The van der Waals surface area contributed by atoms with Gasteiger partial charge in [-0.25, -0.2) is 9.66 Å². The Balaban J connectivity index is 2.43. The minimum atomic E-state index is 0.145. The van der Waals surface area contributed by atoms with Crippen molar-refractivity contribution < 1.29 is 0 Å². The van der Waals surface area contributed by atoms with Crippen molar-refractivity contribution in [2.45, 2.75) is 39.5 Å². The number of aromatic nitrogens is 2.